The summed E-state index contributed by atoms with van der Waals surface area (Å²) in [6.45, 7) is 0. The Balaban J connectivity index is 0.00000225. The Labute approximate surface area is 152 Å². The number of hydrogen-bond acceptors (Lipinski definition) is 0. The molecule has 5 heteroatoms. The molecule has 0 amide bonds. The number of rotatable bonds is 4. The first-order valence-electron chi connectivity index (χ1n) is 7.58. The van der Waals surface area contributed by atoms with Crippen LogP contribution < -0.4 is 10.6 Å². The fraction of sp³-hybridized carbons (Fsp3) is 0.100. The van der Waals surface area contributed by atoms with Crippen molar-refractivity contribution in [1.82, 2.24) is 0 Å². The molecule has 3 rings (SSSR count). The van der Waals surface area contributed by atoms with Crippen molar-refractivity contribution in [2.45, 2.75) is 12.3 Å². The van der Waals surface area contributed by atoms with Gasteiger partial charge in [0.2, 0.25) is 0 Å². The van der Waals surface area contributed by atoms with Crippen LogP contribution in [-0.2, 0) is 12.3 Å². The molecule has 0 aromatic heterocycles. The van der Waals surface area contributed by atoms with E-state index in [0.29, 0.717) is 11.7 Å². The van der Waals surface area contributed by atoms with Gasteiger partial charge in [0.25, 0.3) is 0 Å². The molecule has 0 radical (unpaired) electrons. The molecule has 3 aromatic rings. The van der Waals surface area contributed by atoms with Crippen LogP contribution >= 0.6 is 20.3 Å². The second kappa shape index (κ2) is 8.51. The first-order valence-corrected chi connectivity index (χ1v) is 9.10. The average molecular weight is 381 g/mol. The Morgan fingerprint density at radius 1 is 0.680 bits per heavy atom. The molecule has 0 nitrogen and oxygen atoms in total. The lowest BCUT2D eigenvalue weighted by Gasteiger charge is -2.19. The van der Waals surface area contributed by atoms with Crippen LogP contribution in [0.3, 0.4) is 0 Å². The van der Waals surface area contributed by atoms with Crippen molar-refractivity contribution < 1.29 is 13.2 Å². The first-order chi connectivity index (χ1) is 11.5. The third-order valence-corrected chi connectivity index (χ3v) is 6.26. The van der Waals surface area contributed by atoms with Crippen molar-refractivity contribution >= 4 is 30.9 Å². The normalized spacial score (nSPS) is 11.2. The van der Waals surface area contributed by atoms with E-state index < -0.39 is 19.7 Å². The average Bonchev–Trinajstić information content (AvgIpc) is 2.61. The molecule has 0 heterocycles. The Bertz CT molecular complexity index is 749. The van der Waals surface area contributed by atoms with Crippen LogP contribution in [0.4, 0.5) is 13.2 Å². The molecule has 0 fully saturated rings. The van der Waals surface area contributed by atoms with Gasteiger partial charge in [-0.05, 0) is 30.2 Å². The summed E-state index contributed by atoms with van der Waals surface area (Å²) in [6, 6.07) is 25.6. The number of hydrogen-bond donors (Lipinski definition) is 0. The minimum Gasteiger partial charge on any atom is -0.166 e. The van der Waals surface area contributed by atoms with Gasteiger partial charge >= 0.3 is 6.18 Å². The topological polar surface area (TPSA) is 0 Å². The third kappa shape index (κ3) is 5.07. The van der Waals surface area contributed by atoms with Crippen LogP contribution in [0, 0.1) is 0 Å². The van der Waals surface area contributed by atoms with Crippen molar-refractivity contribution in [2.24, 2.45) is 0 Å². The van der Waals surface area contributed by atoms with Gasteiger partial charge in [-0.25, -0.2) is 0 Å². The monoisotopic (exact) mass is 380 g/mol. The maximum Gasteiger partial charge on any atom is 0.416 e. The fourth-order valence-corrected chi connectivity index (χ4v) is 4.87. The second-order valence-electron chi connectivity index (χ2n) is 5.46. The first kappa shape index (κ1) is 19.5. The zero-order chi connectivity index (χ0) is 17.0. The summed E-state index contributed by atoms with van der Waals surface area (Å²) in [4.78, 5) is 0. The molecule has 0 atom stereocenters. The maximum absolute atomic E-state index is 13.0. The second-order valence-corrected chi connectivity index (χ2v) is 7.66. The van der Waals surface area contributed by atoms with Crippen molar-refractivity contribution in [1.29, 1.82) is 0 Å². The van der Waals surface area contributed by atoms with Crippen molar-refractivity contribution in [3.8, 4) is 0 Å². The number of benzene rings is 3. The lowest BCUT2D eigenvalue weighted by atomic mass is 10.1. The number of halogens is 4. The van der Waals surface area contributed by atoms with Crippen LogP contribution in [0.1, 0.15) is 11.1 Å². The molecular formula is C20H17ClF3P. The van der Waals surface area contributed by atoms with Crippen molar-refractivity contribution in [3.05, 3.63) is 96.1 Å². The van der Waals surface area contributed by atoms with Gasteiger partial charge in [0.15, 0.2) is 0 Å². The molecule has 130 valence electrons. The molecule has 0 unspecified atom stereocenters. The van der Waals surface area contributed by atoms with Crippen LogP contribution in [-0.4, -0.2) is 0 Å². The third-order valence-electron chi connectivity index (χ3n) is 3.73. The summed E-state index contributed by atoms with van der Waals surface area (Å²) in [6.07, 6.45) is -3.72. The predicted molar refractivity (Wildman–Crippen MR) is 101 cm³/mol. The zero-order valence-electron chi connectivity index (χ0n) is 13.3. The van der Waals surface area contributed by atoms with E-state index in [1.165, 1.54) is 12.1 Å². The van der Waals surface area contributed by atoms with E-state index in [9.17, 15) is 13.2 Å². The molecule has 0 saturated carbocycles. The van der Waals surface area contributed by atoms with Gasteiger partial charge in [0.05, 0.1) is 5.56 Å². The summed E-state index contributed by atoms with van der Waals surface area (Å²) in [5.41, 5.74) is 0.125. The van der Waals surface area contributed by atoms with Crippen molar-refractivity contribution in [3.63, 3.8) is 0 Å². The smallest absolute Gasteiger partial charge is 0.166 e. The summed E-state index contributed by atoms with van der Waals surface area (Å²) < 4.78 is 38.9. The van der Waals surface area contributed by atoms with E-state index in [-0.39, 0.29) is 12.4 Å². The SMILES string of the molecule is Cl.FC(F)(F)c1cccc(CP(c2ccccc2)c2ccccc2)c1. The van der Waals surface area contributed by atoms with E-state index in [1.807, 2.05) is 60.7 Å². The maximum atomic E-state index is 13.0. The van der Waals surface area contributed by atoms with E-state index in [2.05, 4.69) is 0 Å². The van der Waals surface area contributed by atoms with Gasteiger partial charge in [-0.1, -0.05) is 78.9 Å². The Hall–Kier alpha value is -1.83. The van der Waals surface area contributed by atoms with E-state index in [4.69, 9.17) is 0 Å². The highest BCUT2D eigenvalue weighted by Crippen LogP contribution is 2.39. The minimum absolute atomic E-state index is 0. The largest absolute Gasteiger partial charge is 0.416 e. The van der Waals surface area contributed by atoms with Crippen LogP contribution in [0.2, 0.25) is 0 Å². The quantitative estimate of drug-likeness (QED) is 0.505. The molecule has 3 aromatic carbocycles. The van der Waals surface area contributed by atoms with Gasteiger partial charge in [0, 0.05) is 6.16 Å². The highest BCUT2D eigenvalue weighted by atomic mass is 35.5. The summed E-state index contributed by atoms with van der Waals surface area (Å²) in [5, 5.41) is 2.33. The zero-order valence-corrected chi connectivity index (χ0v) is 15.0. The molecule has 0 aliphatic rings. The molecule has 0 spiro atoms. The van der Waals surface area contributed by atoms with E-state index in [1.54, 1.807) is 6.07 Å². The Kier molecular flexibility index (Phi) is 6.64. The lowest BCUT2D eigenvalue weighted by molar-refractivity contribution is -0.137. The molecule has 0 bridgehead atoms. The van der Waals surface area contributed by atoms with Crippen LogP contribution in [0.25, 0.3) is 0 Å². The molecule has 0 aliphatic carbocycles. The number of alkyl halides is 3. The van der Waals surface area contributed by atoms with Crippen molar-refractivity contribution in [2.75, 3.05) is 0 Å². The molecular weight excluding hydrogens is 364 g/mol. The fourth-order valence-electron chi connectivity index (χ4n) is 2.58. The van der Waals surface area contributed by atoms with Gasteiger partial charge in [-0.3, -0.25) is 0 Å². The van der Waals surface area contributed by atoms with Gasteiger partial charge < -0.3 is 0 Å². The summed E-state index contributed by atoms with van der Waals surface area (Å²) in [7, 11) is -0.743. The van der Waals surface area contributed by atoms with E-state index >= 15 is 0 Å². The summed E-state index contributed by atoms with van der Waals surface area (Å²) in [5.74, 6) is 0. The van der Waals surface area contributed by atoms with Gasteiger partial charge in [-0.2, -0.15) is 13.2 Å². The van der Waals surface area contributed by atoms with Gasteiger partial charge in [0.1, 0.15) is 0 Å². The highest BCUT2D eigenvalue weighted by Gasteiger charge is 2.30. The van der Waals surface area contributed by atoms with Gasteiger partial charge in [-0.15, -0.1) is 12.4 Å². The standard InChI is InChI=1S/C20H16F3P.ClH/c21-20(22,23)17-9-7-8-16(14-17)15-24(18-10-3-1-4-11-18)19-12-5-2-6-13-19;/h1-14H,15H2;1H. The molecule has 25 heavy (non-hydrogen) atoms. The molecule has 0 saturated heterocycles. The lowest BCUT2D eigenvalue weighted by Crippen LogP contribution is -2.13. The minimum atomic E-state index is -4.31. The molecule has 0 N–H and O–H groups in total. The predicted octanol–water partition coefficient (Wildman–Crippen LogP) is 5.76. The Morgan fingerprint density at radius 3 is 1.68 bits per heavy atom. The molecule has 0 aliphatic heterocycles. The Morgan fingerprint density at radius 2 is 1.20 bits per heavy atom. The highest BCUT2D eigenvalue weighted by molar-refractivity contribution is 7.72. The van der Waals surface area contributed by atoms with Crippen LogP contribution in [0.5, 0.6) is 0 Å². The van der Waals surface area contributed by atoms with E-state index in [0.717, 1.165) is 16.7 Å². The van der Waals surface area contributed by atoms with Crippen LogP contribution in [0.15, 0.2) is 84.9 Å². The summed E-state index contributed by atoms with van der Waals surface area (Å²) >= 11 is 0.